The van der Waals surface area contributed by atoms with Crippen LogP contribution in [0.25, 0.3) is 0 Å². The number of primary amides is 1. The monoisotopic (exact) mass is 207 g/mol. The summed E-state index contributed by atoms with van der Waals surface area (Å²) in [6.07, 6.45) is 0.735. The Morgan fingerprint density at radius 3 is 2.53 bits per heavy atom. The Kier molecular flexibility index (Phi) is 3.69. The van der Waals surface area contributed by atoms with Gasteiger partial charge in [0.25, 0.3) is 0 Å². The first-order valence-corrected chi connectivity index (χ1v) is 4.31. The number of carbonyl (C=O) groups excluding carboxylic acids is 1. The molecule has 3 nitrogen and oxygen atoms in total. The summed E-state index contributed by atoms with van der Waals surface area (Å²) in [4.78, 5) is 10.7. The van der Waals surface area contributed by atoms with Crippen LogP contribution in [0.1, 0.15) is 17.3 Å². The van der Waals surface area contributed by atoms with Gasteiger partial charge in [-0.1, -0.05) is 0 Å². The molecule has 0 spiro atoms. The molecule has 0 heterocycles. The quantitative estimate of drug-likeness (QED) is 0.763. The van der Waals surface area contributed by atoms with E-state index in [-0.39, 0.29) is 0 Å². The lowest BCUT2D eigenvalue weighted by Gasteiger charge is -2.08. The molecule has 2 N–H and O–H groups in total. The molecule has 1 aromatic rings. The Balaban J connectivity index is 2.71. The minimum absolute atomic E-state index is 0.395. The number of carbonyl (C=O) groups is 1. The number of amides is 1. The van der Waals surface area contributed by atoms with Crippen molar-refractivity contribution >= 4 is 5.91 Å². The molecule has 0 fully saturated rings. The van der Waals surface area contributed by atoms with Gasteiger partial charge in [-0.05, 0) is 37.1 Å². The summed E-state index contributed by atoms with van der Waals surface area (Å²) in [5.41, 5.74) is 5.46. The highest BCUT2D eigenvalue weighted by molar-refractivity contribution is 5.92. The molecule has 4 heteroatoms. The first-order valence-electron chi connectivity index (χ1n) is 4.31. The van der Waals surface area contributed by atoms with Crippen LogP contribution in [0.2, 0.25) is 0 Å². The maximum Gasteiger partial charge on any atom is 0.248 e. The molecule has 1 rings (SSSR count). The molecule has 0 aliphatic carbocycles. The van der Waals surface area contributed by atoms with Gasteiger partial charge in [-0.3, -0.25) is 4.79 Å². The molecule has 1 atom stereocenters. The van der Waals surface area contributed by atoms with Crippen LogP contribution >= 0.6 is 0 Å². The highest BCUT2D eigenvalue weighted by Crippen LogP contribution is 2.13. The Bertz CT molecular complexity index is 403. The predicted molar refractivity (Wildman–Crippen MR) is 53.9 cm³/mol. The molecule has 0 saturated heterocycles. The molecular weight excluding hydrogens is 197 g/mol. The number of benzene rings is 1. The van der Waals surface area contributed by atoms with E-state index < -0.39 is 12.0 Å². The summed E-state index contributed by atoms with van der Waals surface area (Å²) in [5, 5.41) is 0. The fourth-order valence-electron chi connectivity index (χ4n) is 1.01. The van der Waals surface area contributed by atoms with Gasteiger partial charge in [0.2, 0.25) is 5.91 Å². The second-order valence-corrected chi connectivity index (χ2v) is 2.89. The average Bonchev–Trinajstić information content (AvgIpc) is 2.18. The first-order chi connectivity index (χ1) is 7.13. The zero-order valence-electron chi connectivity index (χ0n) is 8.16. The van der Waals surface area contributed by atoms with E-state index in [1.165, 1.54) is 18.3 Å². The van der Waals surface area contributed by atoms with Gasteiger partial charge in [-0.2, -0.15) is 0 Å². The summed E-state index contributed by atoms with van der Waals surface area (Å²) < 4.78 is 16.8. The molecule has 1 aromatic carbocycles. The van der Waals surface area contributed by atoms with Crippen LogP contribution in [0, 0.1) is 12.1 Å². The van der Waals surface area contributed by atoms with Crippen molar-refractivity contribution < 1.29 is 13.9 Å². The molecule has 0 radical (unpaired) electrons. The normalized spacial score (nSPS) is 11.1. The SMILES string of the molecule is CC(C#CF)Oc1ccc(C(N)=O)cc1. The summed E-state index contributed by atoms with van der Waals surface area (Å²) in [6, 6.07) is 6.23. The number of rotatable bonds is 3. The fourth-order valence-corrected chi connectivity index (χ4v) is 1.01. The van der Waals surface area contributed by atoms with Crippen molar-refractivity contribution in [2.24, 2.45) is 5.73 Å². The molecule has 0 bridgehead atoms. The van der Waals surface area contributed by atoms with E-state index in [1.807, 2.05) is 0 Å². The number of ether oxygens (including phenoxy) is 1. The Morgan fingerprint density at radius 1 is 1.47 bits per heavy atom. The van der Waals surface area contributed by atoms with E-state index in [9.17, 15) is 9.18 Å². The zero-order valence-corrected chi connectivity index (χ0v) is 8.16. The van der Waals surface area contributed by atoms with Crippen molar-refractivity contribution in [3.8, 4) is 17.8 Å². The second kappa shape index (κ2) is 5.01. The van der Waals surface area contributed by atoms with Crippen LogP contribution < -0.4 is 10.5 Å². The lowest BCUT2D eigenvalue weighted by atomic mass is 10.2. The van der Waals surface area contributed by atoms with Crippen molar-refractivity contribution in [1.82, 2.24) is 0 Å². The van der Waals surface area contributed by atoms with Crippen molar-refractivity contribution in [2.75, 3.05) is 0 Å². The number of hydrogen-bond donors (Lipinski definition) is 1. The van der Waals surface area contributed by atoms with Gasteiger partial charge < -0.3 is 10.5 Å². The second-order valence-electron chi connectivity index (χ2n) is 2.89. The Labute approximate surface area is 87.0 Å². The molecule has 0 aromatic heterocycles. The van der Waals surface area contributed by atoms with Gasteiger partial charge in [0, 0.05) is 5.56 Å². The van der Waals surface area contributed by atoms with Crippen molar-refractivity contribution in [2.45, 2.75) is 13.0 Å². The smallest absolute Gasteiger partial charge is 0.248 e. The Morgan fingerprint density at radius 2 is 2.07 bits per heavy atom. The standard InChI is InChI=1S/C11H10FNO2/c1-8(6-7-12)15-10-4-2-9(3-5-10)11(13)14/h2-5,8H,1H3,(H2,13,14). The molecule has 0 saturated carbocycles. The first kappa shape index (κ1) is 11.1. The third kappa shape index (κ3) is 3.31. The molecule has 1 amide bonds. The van der Waals surface area contributed by atoms with Crippen molar-refractivity contribution in [3.05, 3.63) is 29.8 Å². The van der Waals surface area contributed by atoms with Crippen LogP contribution in [0.5, 0.6) is 5.75 Å². The minimum atomic E-state index is -0.533. The molecular formula is C11H10FNO2. The summed E-state index contributed by atoms with van der Waals surface area (Å²) in [7, 11) is 0. The third-order valence-corrected chi connectivity index (χ3v) is 1.71. The summed E-state index contributed by atoms with van der Waals surface area (Å²) in [5.74, 6) is 2.21. The highest BCUT2D eigenvalue weighted by Gasteiger charge is 2.02. The van der Waals surface area contributed by atoms with Crippen LogP contribution in [0.15, 0.2) is 24.3 Å². The number of halogens is 1. The molecule has 0 aliphatic rings. The topological polar surface area (TPSA) is 52.3 Å². The van der Waals surface area contributed by atoms with E-state index in [4.69, 9.17) is 10.5 Å². The minimum Gasteiger partial charge on any atom is -0.478 e. The van der Waals surface area contributed by atoms with E-state index in [0.717, 1.165) is 0 Å². The van der Waals surface area contributed by atoms with Crippen molar-refractivity contribution in [3.63, 3.8) is 0 Å². The fraction of sp³-hybridized carbons (Fsp3) is 0.182. The lowest BCUT2D eigenvalue weighted by molar-refractivity contribution is 0.100. The van der Waals surface area contributed by atoms with Gasteiger partial charge in [-0.15, -0.1) is 4.39 Å². The van der Waals surface area contributed by atoms with Crippen molar-refractivity contribution in [1.29, 1.82) is 0 Å². The van der Waals surface area contributed by atoms with E-state index >= 15 is 0 Å². The molecule has 1 unspecified atom stereocenters. The van der Waals surface area contributed by atoms with Crippen LogP contribution in [-0.2, 0) is 0 Å². The van der Waals surface area contributed by atoms with Gasteiger partial charge in [-0.25, -0.2) is 0 Å². The third-order valence-electron chi connectivity index (χ3n) is 1.71. The highest BCUT2D eigenvalue weighted by atomic mass is 19.1. The van der Waals surface area contributed by atoms with Gasteiger partial charge in [0.1, 0.15) is 11.9 Å². The maximum atomic E-state index is 11.6. The Hall–Kier alpha value is -2.02. The maximum absolute atomic E-state index is 11.6. The lowest BCUT2D eigenvalue weighted by Crippen LogP contribution is -2.11. The van der Waals surface area contributed by atoms with Crippen LogP contribution in [0.3, 0.4) is 0 Å². The predicted octanol–water partition coefficient (Wildman–Crippen LogP) is 1.48. The van der Waals surface area contributed by atoms with E-state index in [1.54, 1.807) is 19.1 Å². The van der Waals surface area contributed by atoms with Gasteiger partial charge in [0.05, 0.1) is 0 Å². The molecule has 78 valence electrons. The number of hydrogen-bond acceptors (Lipinski definition) is 2. The molecule has 15 heavy (non-hydrogen) atoms. The number of nitrogens with two attached hydrogens (primary N) is 1. The summed E-state index contributed by atoms with van der Waals surface area (Å²) >= 11 is 0. The van der Waals surface area contributed by atoms with Crippen LogP contribution in [0.4, 0.5) is 4.39 Å². The zero-order chi connectivity index (χ0) is 11.3. The molecule has 0 aliphatic heterocycles. The van der Waals surface area contributed by atoms with Gasteiger partial charge >= 0.3 is 0 Å². The van der Waals surface area contributed by atoms with Gasteiger partial charge in [0.15, 0.2) is 6.10 Å². The van der Waals surface area contributed by atoms with E-state index in [0.29, 0.717) is 11.3 Å². The van der Waals surface area contributed by atoms with Crippen LogP contribution in [-0.4, -0.2) is 12.0 Å². The van der Waals surface area contributed by atoms with E-state index in [2.05, 4.69) is 5.92 Å². The largest absolute Gasteiger partial charge is 0.478 e. The summed E-state index contributed by atoms with van der Waals surface area (Å²) in [6.45, 7) is 1.62. The average molecular weight is 207 g/mol.